The van der Waals surface area contributed by atoms with Crippen molar-refractivity contribution in [1.29, 1.82) is 0 Å². The molecule has 15 nitrogen and oxygen atoms in total. The second-order valence-electron chi connectivity index (χ2n) is 9.97. The van der Waals surface area contributed by atoms with Gasteiger partial charge in [-0.3, -0.25) is 14.4 Å². The fourth-order valence-corrected chi connectivity index (χ4v) is 3.32. The van der Waals surface area contributed by atoms with Crippen LogP contribution < -0.4 is 69.5 Å². The molecule has 0 unspecified atom stereocenters. The van der Waals surface area contributed by atoms with Crippen molar-refractivity contribution in [2.75, 3.05) is 13.2 Å². The number of unbranched alkanes of at least 4 members (excludes halogenated alkanes) is 6. The Bertz CT molecular complexity index is 898. The molecule has 0 amide bonds. The van der Waals surface area contributed by atoms with Crippen LogP contribution in [0.2, 0.25) is 0 Å². The molecule has 0 aromatic carbocycles. The average Bonchev–Trinajstić information content (AvgIpc) is 2.99. The Balaban J connectivity index is -0.000000222. The summed E-state index contributed by atoms with van der Waals surface area (Å²) in [6.07, 6.45) is 9.29. The summed E-state index contributed by atoms with van der Waals surface area (Å²) in [5, 5.41) is 26.9. The van der Waals surface area contributed by atoms with Crippen molar-refractivity contribution in [3.63, 3.8) is 0 Å². The number of hydrogen-bond donors (Lipinski definition) is 1. The standard InChI is InChI=1S/2C15H24O6.CH2O3.2Na/c2*1-4-5-6-7-8-12(3)21-14(18)9-11(2)15(19)20-10-13(16)17;2-1-4-3;;/h2*12H,2,4-10H2,1,3H3,(H,16,17);1,3H;;/q;;;2*+1/p-2/t2*12-;;;/m11.../s1. The van der Waals surface area contributed by atoms with Crippen LogP contribution in [0.5, 0.6) is 0 Å². The van der Waals surface area contributed by atoms with Crippen LogP contribution in [0.15, 0.2) is 24.3 Å². The summed E-state index contributed by atoms with van der Waals surface area (Å²) in [6, 6.07) is 0. The molecule has 0 rings (SSSR count). The summed E-state index contributed by atoms with van der Waals surface area (Å²) in [7, 11) is 0. The smallest absolute Gasteiger partial charge is 0.662 e. The fraction of sp³-hybridized carbons (Fsp3) is 0.645. The van der Waals surface area contributed by atoms with Gasteiger partial charge in [0.25, 0.3) is 6.47 Å². The molecule has 0 fully saturated rings. The van der Waals surface area contributed by atoms with Crippen LogP contribution >= 0.6 is 0 Å². The van der Waals surface area contributed by atoms with Crippen molar-refractivity contribution in [2.24, 2.45) is 0 Å². The predicted octanol–water partition coefficient (Wildman–Crippen LogP) is -3.97. The van der Waals surface area contributed by atoms with E-state index in [0.717, 1.165) is 64.2 Å². The molecule has 17 heteroatoms. The van der Waals surface area contributed by atoms with Gasteiger partial charge in [0, 0.05) is 11.1 Å². The molecule has 0 aromatic heterocycles. The van der Waals surface area contributed by atoms with Gasteiger partial charge in [-0.25, -0.2) is 14.4 Å². The van der Waals surface area contributed by atoms with E-state index in [9.17, 15) is 33.9 Å². The number of carboxylic acids is 2. The van der Waals surface area contributed by atoms with Crippen molar-refractivity contribution in [2.45, 2.75) is 117 Å². The van der Waals surface area contributed by atoms with Gasteiger partial charge in [0.15, 0.2) is 6.61 Å². The minimum absolute atomic E-state index is 0. The van der Waals surface area contributed by atoms with Gasteiger partial charge in [-0.2, -0.15) is 0 Å². The summed E-state index contributed by atoms with van der Waals surface area (Å²) in [6.45, 7) is 12.8. The Morgan fingerprint density at radius 2 is 1.06 bits per heavy atom. The Morgan fingerprint density at radius 3 is 1.35 bits per heavy atom. The van der Waals surface area contributed by atoms with E-state index in [1.165, 1.54) is 0 Å². The number of carboxylic acid groups (broad SMARTS) is 2. The molecule has 0 aliphatic carbocycles. The number of rotatable bonds is 23. The molecule has 0 aliphatic rings. The summed E-state index contributed by atoms with van der Waals surface area (Å²) in [5.41, 5.74) is -0.251. The molecule has 0 aromatic rings. The molecule has 48 heavy (non-hydrogen) atoms. The second kappa shape index (κ2) is 37.5. The van der Waals surface area contributed by atoms with Gasteiger partial charge >= 0.3 is 89.0 Å². The minimum Gasteiger partial charge on any atom is -0.662 e. The molecule has 0 heterocycles. The van der Waals surface area contributed by atoms with E-state index in [4.69, 9.17) is 24.6 Å². The van der Waals surface area contributed by atoms with Gasteiger partial charge in [0.05, 0.1) is 31.0 Å². The van der Waals surface area contributed by atoms with Crippen molar-refractivity contribution in [3.8, 4) is 0 Å². The Kier molecular flexibility index (Phi) is 43.1. The van der Waals surface area contributed by atoms with Gasteiger partial charge in [-0.15, -0.1) is 0 Å². The minimum atomic E-state index is -1.51. The normalized spacial score (nSPS) is 10.5. The van der Waals surface area contributed by atoms with Gasteiger partial charge in [0.2, 0.25) is 0 Å². The van der Waals surface area contributed by atoms with E-state index in [1.54, 1.807) is 13.8 Å². The molecule has 0 saturated heterocycles. The zero-order valence-corrected chi connectivity index (χ0v) is 33.2. The van der Waals surface area contributed by atoms with Crippen molar-refractivity contribution in [1.82, 2.24) is 0 Å². The number of hydrogen-bond acceptors (Lipinski definition) is 14. The molecule has 0 spiro atoms. The maximum absolute atomic E-state index is 11.6. The Hall–Kier alpha value is -2.27. The summed E-state index contributed by atoms with van der Waals surface area (Å²) in [5.74, 6) is -5.75. The van der Waals surface area contributed by atoms with E-state index < -0.39 is 49.0 Å². The van der Waals surface area contributed by atoms with Crippen LogP contribution in [0.25, 0.3) is 0 Å². The predicted molar refractivity (Wildman–Crippen MR) is 158 cm³/mol. The molecule has 0 saturated carbocycles. The van der Waals surface area contributed by atoms with E-state index in [0.29, 0.717) is 0 Å². The topological polar surface area (TPSA) is 232 Å². The van der Waals surface area contributed by atoms with E-state index in [2.05, 4.69) is 41.4 Å². The first-order chi connectivity index (χ1) is 21.6. The molecular formula is C31H48Na2O15. The van der Waals surface area contributed by atoms with Crippen LogP contribution in [0.4, 0.5) is 0 Å². The number of aliphatic carboxylic acids is 2. The van der Waals surface area contributed by atoms with Crippen molar-refractivity contribution < 1.29 is 132 Å². The Labute approximate surface area is 326 Å². The first-order valence-electron chi connectivity index (χ1n) is 14.9. The van der Waals surface area contributed by atoms with Crippen molar-refractivity contribution >= 4 is 42.3 Å². The third-order valence-corrected chi connectivity index (χ3v) is 5.57. The van der Waals surface area contributed by atoms with Crippen LogP contribution in [-0.2, 0) is 57.4 Å². The largest absolute Gasteiger partial charge is 1.00 e. The van der Waals surface area contributed by atoms with E-state index >= 15 is 0 Å². The SMILES string of the molecule is C=C(CC(=O)O[C@H](C)CCCCCC)C(=O)OCC(=O)O.C=C(CC(=O)O[C@H](C)CCCCCC)C(=O)OCC(=O)[O-].O=CO[O-].[Na+].[Na+]. The average molecular weight is 707 g/mol. The molecule has 0 aliphatic heterocycles. The molecular weight excluding hydrogens is 658 g/mol. The molecule has 2 atom stereocenters. The number of esters is 4. The van der Waals surface area contributed by atoms with Crippen LogP contribution in [-0.4, -0.2) is 72.8 Å². The second-order valence-corrected chi connectivity index (χ2v) is 9.97. The third kappa shape index (κ3) is 39.9. The monoisotopic (exact) mass is 706 g/mol. The first-order valence-corrected chi connectivity index (χ1v) is 14.9. The van der Waals surface area contributed by atoms with Crippen LogP contribution in [0.1, 0.15) is 105 Å². The van der Waals surface area contributed by atoms with Gasteiger partial charge in [-0.05, 0) is 39.5 Å². The number of ether oxygens (including phenoxy) is 4. The zero-order valence-electron chi connectivity index (χ0n) is 29.2. The molecule has 0 bridgehead atoms. The van der Waals surface area contributed by atoms with Crippen LogP contribution in [0.3, 0.4) is 0 Å². The summed E-state index contributed by atoms with van der Waals surface area (Å²) < 4.78 is 19.1. The zero-order chi connectivity index (χ0) is 35.9. The third-order valence-electron chi connectivity index (χ3n) is 5.57. The molecule has 0 radical (unpaired) electrons. The maximum Gasteiger partial charge on any atom is 1.00 e. The first kappa shape index (κ1) is 55.2. The fourth-order valence-electron chi connectivity index (χ4n) is 3.32. The van der Waals surface area contributed by atoms with E-state index in [-0.39, 0.29) is 102 Å². The van der Waals surface area contributed by atoms with Gasteiger partial charge in [0.1, 0.15) is 6.61 Å². The summed E-state index contributed by atoms with van der Waals surface area (Å²) in [4.78, 5) is 77.4. The molecule has 264 valence electrons. The maximum atomic E-state index is 11.6. The Morgan fingerprint density at radius 1 is 0.708 bits per heavy atom. The summed E-state index contributed by atoms with van der Waals surface area (Å²) >= 11 is 0. The quantitative estimate of drug-likeness (QED) is 0.0156. The van der Waals surface area contributed by atoms with Gasteiger partial charge in [-0.1, -0.05) is 65.5 Å². The van der Waals surface area contributed by atoms with Gasteiger partial charge < -0.3 is 44.1 Å². The van der Waals surface area contributed by atoms with Crippen LogP contribution in [0, 0.1) is 0 Å². The van der Waals surface area contributed by atoms with E-state index in [1.807, 2.05) is 0 Å². The number of carbonyl (C=O) groups excluding carboxylic acids is 6. The molecule has 1 N–H and O–H groups in total. The number of carbonyl (C=O) groups is 7. The van der Waals surface area contributed by atoms with Crippen molar-refractivity contribution in [3.05, 3.63) is 24.3 Å².